The van der Waals surface area contributed by atoms with Crippen molar-refractivity contribution in [2.75, 3.05) is 26.2 Å². The smallest absolute Gasteiger partial charge is 0.408 e. The van der Waals surface area contributed by atoms with E-state index < -0.39 is 23.6 Å². The Kier molecular flexibility index (Phi) is 10.1. The molecule has 2 aliphatic heterocycles. The lowest BCUT2D eigenvalue weighted by Gasteiger charge is -2.38. The van der Waals surface area contributed by atoms with E-state index in [1.165, 1.54) is 17.2 Å². The van der Waals surface area contributed by atoms with Crippen LogP contribution in [0.4, 0.5) is 9.18 Å². The first-order valence-corrected chi connectivity index (χ1v) is 15.9. The van der Waals surface area contributed by atoms with Crippen molar-refractivity contribution < 1.29 is 23.5 Å². The molecule has 2 aliphatic rings. The van der Waals surface area contributed by atoms with Gasteiger partial charge in [-0.05, 0) is 73.9 Å². The van der Waals surface area contributed by atoms with Crippen molar-refractivity contribution in [2.45, 2.75) is 84.1 Å². The predicted molar refractivity (Wildman–Crippen MR) is 173 cm³/mol. The number of amides is 2. The number of ether oxygens (including phenoxy) is 2. The average Bonchev–Trinajstić information content (AvgIpc) is 3.51. The number of hydrogen-bond donors (Lipinski definition) is 1. The monoisotopic (exact) mass is 616 g/mol. The van der Waals surface area contributed by atoms with Crippen LogP contribution in [0.25, 0.3) is 11.1 Å². The summed E-state index contributed by atoms with van der Waals surface area (Å²) in [5.41, 5.74) is 3.69. The van der Waals surface area contributed by atoms with Gasteiger partial charge in [-0.15, -0.1) is 0 Å². The molecule has 2 saturated heterocycles. The highest BCUT2D eigenvalue weighted by molar-refractivity contribution is 5.86. The summed E-state index contributed by atoms with van der Waals surface area (Å²) in [6.45, 7) is 13.5. The van der Waals surface area contributed by atoms with Gasteiger partial charge in [-0.1, -0.05) is 50.2 Å². The first-order valence-electron chi connectivity index (χ1n) is 15.9. The Morgan fingerprint density at radius 3 is 2.29 bits per heavy atom. The van der Waals surface area contributed by atoms with Gasteiger partial charge in [0.15, 0.2) is 0 Å². The second-order valence-corrected chi connectivity index (χ2v) is 13.5. The Hall–Kier alpha value is -3.98. The van der Waals surface area contributed by atoms with E-state index in [0.717, 1.165) is 38.0 Å². The molecule has 0 saturated carbocycles. The van der Waals surface area contributed by atoms with Gasteiger partial charge in [0.05, 0.1) is 0 Å². The van der Waals surface area contributed by atoms with Gasteiger partial charge in [0.1, 0.15) is 23.6 Å². The molecule has 8 nitrogen and oxygen atoms in total. The number of nitrogens with zero attached hydrogens (tertiary/aromatic N) is 3. The first-order chi connectivity index (χ1) is 21.4. The molecule has 1 aromatic heterocycles. The van der Waals surface area contributed by atoms with Gasteiger partial charge >= 0.3 is 6.09 Å². The zero-order chi connectivity index (χ0) is 32.1. The van der Waals surface area contributed by atoms with Gasteiger partial charge in [-0.3, -0.25) is 9.69 Å². The number of likely N-dealkylation sites (tertiary alicyclic amines) is 2. The number of aromatic nitrogens is 1. The van der Waals surface area contributed by atoms with Gasteiger partial charge < -0.3 is 19.7 Å². The van der Waals surface area contributed by atoms with E-state index >= 15 is 4.39 Å². The highest BCUT2D eigenvalue weighted by Crippen LogP contribution is 2.26. The molecule has 0 spiro atoms. The maximum absolute atomic E-state index is 15.4. The summed E-state index contributed by atoms with van der Waals surface area (Å²) in [4.78, 5) is 34.3. The maximum atomic E-state index is 15.4. The zero-order valence-electron chi connectivity index (χ0n) is 27.0. The number of nitrogens with one attached hydrogen (secondary N) is 1. The van der Waals surface area contributed by atoms with Crippen molar-refractivity contribution in [2.24, 2.45) is 0 Å². The van der Waals surface area contributed by atoms with Gasteiger partial charge in [-0.2, -0.15) is 0 Å². The van der Waals surface area contributed by atoms with E-state index in [1.54, 1.807) is 44.0 Å². The average molecular weight is 617 g/mol. The summed E-state index contributed by atoms with van der Waals surface area (Å²) in [6.07, 6.45) is 2.92. The fraction of sp³-hybridized carbons (Fsp3) is 0.472. The van der Waals surface area contributed by atoms with Crippen molar-refractivity contribution in [1.29, 1.82) is 0 Å². The van der Waals surface area contributed by atoms with Crippen molar-refractivity contribution in [3.8, 4) is 17.0 Å². The minimum absolute atomic E-state index is 0.0212. The molecule has 1 unspecified atom stereocenters. The van der Waals surface area contributed by atoms with Gasteiger partial charge in [0.2, 0.25) is 11.8 Å². The Balaban J connectivity index is 1.16. The Morgan fingerprint density at radius 1 is 1.00 bits per heavy atom. The molecule has 9 heteroatoms. The lowest BCUT2D eigenvalue weighted by Crippen LogP contribution is -2.53. The second kappa shape index (κ2) is 14.0. The van der Waals surface area contributed by atoms with Crippen molar-refractivity contribution in [1.82, 2.24) is 20.1 Å². The highest BCUT2D eigenvalue weighted by Gasteiger charge is 2.31. The van der Waals surface area contributed by atoms with Crippen LogP contribution in [0.5, 0.6) is 5.88 Å². The fourth-order valence-corrected chi connectivity index (χ4v) is 5.70. The summed E-state index contributed by atoms with van der Waals surface area (Å²) >= 11 is 0. The highest BCUT2D eigenvalue weighted by atomic mass is 19.1. The van der Waals surface area contributed by atoms with Crippen LogP contribution in [0.15, 0.2) is 60.8 Å². The molecule has 3 heterocycles. The van der Waals surface area contributed by atoms with Crippen LogP contribution in [0.2, 0.25) is 0 Å². The van der Waals surface area contributed by atoms with Crippen molar-refractivity contribution in [3.63, 3.8) is 0 Å². The number of benzene rings is 2. The molecule has 1 N–H and O–H groups in total. The third kappa shape index (κ3) is 8.81. The lowest BCUT2D eigenvalue weighted by atomic mass is 10.00. The minimum Gasteiger partial charge on any atom is -0.472 e. The van der Waals surface area contributed by atoms with E-state index in [0.29, 0.717) is 36.0 Å². The molecule has 45 heavy (non-hydrogen) atoms. The summed E-state index contributed by atoms with van der Waals surface area (Å²) in [5, 5.41) is 2.68. The molecule has 3 aromatic rings. The van der Waals surface area contributed by atoms with Crippen LogP contribution in [0.1, 0.15) is 70.1 Å². The molecule has 2 aromatic carbocycles. The summed E-state index contributed by atoms with van der Waals surface area (Å²) in [5.74, 6) is 0.392. The molecule has 5 rings (SSSR count). The number of halogens is 1. The van der Waals surface area contributed by atoms with Crippen LogP contribution in [0.3, 0.4) is 0 Å². The van der Waals surface area contributed by atoms with Gasteiger partial charge in [0.25, 0.3) is 0 Å². The van der Waals surface area contributed by atoms with Crippen LogP contribution < -0.4 is 10.1 Å². The van der Waals surface area contributed by atoms with E-state index in [4.69, 9.17) is 9.47 Å². The quantitative estimate of drug-likeness (QED) is 0.287. The summed E-state index contributed by atoms with van der Waals surface area (Å²) in [7, 11) is 0. The van der Waals surface area contributed by atoms with Crippen LogP contribution in [-0.2, 0) is 22.5 Å². The van der Waals surface area contributed by atoms with E-state index in [-0.39, 0.29) is 18.4 Å². The minimum atomic E-state index is -0.927. The van der Waals surface area contributed by atoms with E-state index in [9.17, 15) is 9.59 Å². The largest absolute Gasteiger partial charge is 0.472 e. The van der Waals surface area contributed by atoms with E-state index in [1.807, 2.05) is 12.1 Å². The van der Waals surface area contributed by atoms with Gasteiger partial charge in [0, 0.05) is 57.0 Å². The number of pyridine rings is 1. The molecule has 0 radical (unpaired) electrons. The summed E-state index contributed by atoms with van der Waals surface area (Å²) < 4.78 is 26.8. The Morgan fingerprint density at radius 2 is 1.69 bits per heavy atom. The first kappa shape index (κ1) is 32.4. The molecular formula is C36H45FN4O4. The molecule has 240 valence electrons. The zero-order valence-corrected chi connectivity index (χ0v) is 27.0. The topological polar surface area (TPSA) is 84.0 Å². The summed E-state index contributed by atoms with van der Waals surface area (Å²) in [6, 6.07) is 16.5. The van der Waals surface area contributed by atoms with Gasteiger partial charge in [-0.25, -0.2) is 14.2 Å². The third-order valence-electron chi connectivity index (χ3n) is 8.22. The number of hydrogen-bond acceptors (Lipinski definition) is 6. The molecule has 0 aliphatic carbocycles. The number of rotatable bonds is 10. The second-order valence-electron chi connectivity index (χ2n) is 13.5. The normalized spacial score (nSPS) is 16.4. The fourth-order valence-electron chi connectivity index (χ4n) is 5.70. The van der Waals surface area contributed by atoms with Crippen LogP contribution in [-0.4, -0.2) is 70.7 Å². The van der Waals surface area contributed by atoms with Crippen LogP contribution in [0, 0.1) is 5.82 Å². The molecule has 0 bridgehead atoms. The standard InChI is InChI=1S/C36H45FN4O4/c1-24(2)26-10-8-25(9-11-26)21-40-22-30(23-40)44-33-15-14-29(20-38-33)27-12-13-28(31(37)18-27)19-32(34(42)41-16-6-7-17-41)39-35(43)45-36(3,4)5/h8-15,18,20,24,30,32H,6-7,16-17,19,21-23H2,1-5H3,(H,39,43). The maximum Gasteiger partial charge on any atom is 0.408 e. The van der Waals surface area contributed by atoms with Crippen molar-refractivity contribution >= 4 is 12.0 Å². The molecule has 1 atom stereocenters. The SMILES string of the molecule is CC(C)c1ccc(CN2CC(Oc3ccc(-c4ccc(CC(NC(=O)OC(C)(C)C)C(=O)N5CCCC5)c(F)c4)cn3)C2)cc1. The van der Waals surface area contributed by atoms with E-state index in [2.05, 4.69) is 53.3 Å². The Labute approximate surface area is 265 Å². The molecule has 2 amide bonds. The number of carbonyl (C=O) groups excluding carboxylic acids is 2. The molecular weight excluding hydrogens is 571 g/mol. The lowest BCUT2D eigenvalue weighted by molar-refractivity contribution is -0.132. The predicted octanol–water partition coefficient (Wildman–Crippen LogP) is 6.33. The molecule has 2 fully saturated rings. The third-order valence-corrected chi connectivity index (χ3v) is 8.22. The Bertz CT molecular complexity index is 1460. The van der Waals surface area contributed by atoms with Crippen LogP contribution >= 0.6 is 0 Å². The number of carbonyl (C=O) groups is 2. The number of alkyl carbamates (subject to hydrolysis) is 1. The van der Waals surface area contributed by atoms with Crippen molar-refractivity contribution in [3.05, 3.63) is 83.3 Å².